The molecular formula is C20H32O4. The highest BCUT2D eigenvalue weighted by Gasteiger charge is 2.35. The van der Waals surface area contributed by atoms with Crippen LogP contribution in [-0.4, -0.2) is 33.6 Å². The Morgan fingerprint density at radius 1 is 1.21 bits per heavy atom. The lowest BCUT2D eigenvalue weighted by Gasteiger charge is -2.36. The normalized spacial score (nSPS) is 40.2. The van der Waals surface area contributed by atoms with E-state index in [-0.39, 0.29) is 6.10 Å². The monoisotopic (exact) mass is 336 g/mol. The first-order chi connectivity index (χ1) is 11.1. The van der Waals surface area contributed by atoms with Crippen molar-refractivity contribution >= 4 is 0 Å². The molecule has 0 unspecified atom stereocenters. The first-order valence-corrected chi connectivity index (χ1v) is 8.91. The predicted octanol–water partition coefficient (Wildman–Crippen LogP) is 3.99. The van der Waals surface area contributed by atoms with E-state index in [1.807, 2.05) is 13.0 Å². The maximum absolute atomic E-state index is 10.6. The molecule has 3 aliphatic rings. The topological polar surface area (TPSA) is 58.9 Å². The lowest BCUT2D eigenvalue weighted by atomic mass is 9.85. The van der Waals surface area contributed by atoms with Crippen LogP contribution < -0.4 is 0 Å². The molecule has 2 N–H and O–H groups in total. The lowest BCUT2D eigenvalue weighted by molar-refractivity contribution is -0.386. The van der Waals surface area contributed by atoms with Crippen LogP contribution in [0.15, 0.2) is 35.5 Å². The van der Waals surface area contributed by atoms with E-state index in [2.05, 4.69) is 26.5 Å². The average Bonchev–Trinajstić information content (AvgIpc) is 2.51. The molecule has 4 heteroatoms. The average molecular weight is 336 g/mol. The number of rotatable bonds is 0. The quantitative estimate of drug-likeness (QED) is 0.519. The van der Waals surface area contributed by atoms with Crippen LogP contribution in [0.4, 0.5) is 0 Å². The molecule has 0 aromatic heterocycles. The van der Waals surface area contributed by atoms with Gasteiger partial charge in [0.1, 0.15) is 11.7 Å². The second kappa shape index (κ2) is 7.52. The Balaban J connectivity index is 2.27. The van der Waals surface area contributed by atoms with Crippen LogP contribution in [0.5, 0.6) is 0 Å². The molecule has 0 spiro atoms. The van der Waals surface area contributed by atoms with Crippen LogP contribution in [-0.2, 0) is 9.78 Å². The Morgan fingerprint density at radius 3 is 2.50 bits per heavy atom. The fourth-order valence-electron chi connectivity index (χ4n) is 3.18. The highest BCUT2D eigenvalue weighted by molar-refractivity contribution is 5.26. The molecule has 24 heavy (non-hydrogen) atoms. The molecule has 1 aliphatic carbocycles. The first kappa shape index (κ1) is 19.4. The Bertz CT molecular complexity index is 518. The first-order valence-electron chi connectivity index (χ1n) is 8.91. The third-order valence-electron chi connectivity index (χ3n) is 5.35. The van der Waals surface area contributed by atoms with E-state index in [1.54, 1.807) is 6.92 Å². The number of aliphatic hydroxyl groups excluding tert-OH is 1. The summed E-state index contributed by atoms with van der Waals surface area (Å²) in [4.78, 5) is 11.2. The Labute approximate surface area is 145 Å². The summed E-state index contributed by atoms with van der Waals surface area (Å²) < 4.78 is 0. The molecule has 0 aromatic rings. The van der Waals surface area contributed by atoms with Crippen molar-refractivity contribution in [2.75, 3.05) is 0 Å². The zero-order valence-electron chi connectivity index (χ0n) is 15.5. The van der Waals surface area contributed by atoms with E-state index in [0.29, 0.717) is 25.7 Å². The lowest BCUT2D eigenvalue weighted by Crippen LogP contribution is -2.40. The van der Waals surface area contributed by atoms with Crippen molar-refractivity contribution in [2.45, 2.75) is 89.6 Å². The second-order valence-corrected chi connectivity index (χ2v) is 7.95. The largest absolute Gasteiger partial charge is 0.390 e. The number of aliphatic hydroxyl groups is 2. The zero-order valence-corrected chi connectivity index (χ0v) is 15.5. The van der Waals surface area contributed by atoms with Crippen LogP contribution in [0.2, 0.25) is 0 Å². The summed E-state index contributed by atoms with van der Waals surface area (Å²) in [6.07, 6.45) is 7.22. The zero-order chi connectivity index (χ0) is 18.0. The van der Waals surface area contributed by atoms with E-state index < -0.39 is 17.3 Å². The molecule has 1 fully saturated rings. The Morgan fingerprint density at radius 2 is 1.92 bits per heavy atom. The summed E-state index contributed by atoms with van der Waals surface area (Å²) in [6.45, 7) is 11.9. The summed E-state index contributed by atoms with van der Waals surface area (Å²) in [5.41, 5.74) is 1.73. The maximum Gasteiger partial charge on any atom is 0.119 e. The maximum atomic E-state index is 10.6. The summed E-state index contributed by atoms with van der Waals surface area (Å²) in [5.74, 6) is 0. The SMILES string of the molecule is C=C1CC[C@@H](O)[C@](C)(O)CCC(=C(C)C)/C=C/[C@]2(C)CC[C@H]1OO2. The molecule has 0 saturated carbocycles. The van der Waals surface area contributed by atoms with Gasteiger partial charge in [0.2, 0.25) is 0 Å². The fourth-order valence-corrected chi connectivity index (χ4v) is 3.18. The molecule has 3 rings (SSSR count). The minimum Gasteiger partial charge on any atom is -0.390 e. The van der Waals surface area contributed by atoms with Gasteiger partial charge in [0.25, 0.3) is 0 Å². The van der Waals surface area contributed by atoms with Crippen molar-refractivity contribution < 1.29 is 20.0 Å². The van der Waals surface area contributed by atoms with Crippen molar-refractivity contribution in [3.05, 3.63) is 35.5 Å². The van der Waals surface area contributed by atoms with E-state index in [9.17, 15) is 10.2 Å². The van der Waals surface area contributed by atoms with Crippen molar-refractivity contribution in [2.24, 2.45) is 0 Å². The van der Waals surface area contributed by atoms with Crippen LogP contribution in [0.1, 0.15) is 66.2 Å². The molecular weight excluding hydrogens is 304 g/mol. The smallest absolute Gasteiger partial charge is 0.119 e. The van der Waals surface area contributed by atoms with E-state index in [4.69, 9.17) is 9.78 Å². The number of hydrogen-bond acceptors (Lipinski definition) is 4. The molecule has 0 aromatic carbocycles. The molecule has 2 heterocycles. The van der Waals surface area contributed by atoms with Gasteiger partial charge in [0.05, 0.1) is 11.7 Å². The number of fused-ring (bicyclic) bond motifs is 10. The predicted molar refractivity (Wildman–Crippen MR) is 95.3 cm³/mol. The summed E-state index contributed by atoms with van der Waals surface area (Å²) in [6, 6.07) is 0. The van der Waals surface area contributed by atoms with Crippen LogP contribution in [0.25, 0.3) is 0 Å². The molecule has 2 aliphatic heterocycles. The van der Waals surface area contributed by atoms with Gasteiger partial charge in [-0.2, -0.15) is 0 Å². The van der Waals surface area contributed by atoms with Crippen molar-refractivity contribution in [1.82, 2.24) is 0 Å². The fraction of sp³-hybridized carbons (Fsp3) is 0.700. The molecule has 4 nitrogen and oxygen atoms in total. The highest BCUT2D eigenvalue weighted by atomic mass is 17.2. The molecule has 4 atom stereocenters. The third kappa shape index (κ3) is 4.79. The standard InChI is InChI=1S/C20H32O4/c1-14(2)16-8-11-19(4)12-10-17(23-24-19)15(3)6-7-18(21)20(5,22)13-9-16/h8,11,17-18,21-22H,3,6-7,9-10,12-13H2,1-2,4-5H3/b11-8+/t17-,18-,19-,20-/m1/s1. The van der Waals surface area contributed by atoms with Gasteiger partial charge in [-0.25, -0.2) is 9.78 Å². The van der Waals surface area contributed by atoms with Crippen molar-refractivity contribution in [3.8, 4) is 0 Å². The van der Waals surface area contributed by atoms with Gasteiger partial charge in [0, 0.05) is 0 Å². The van der Waals surface area contributed by atoms with Crippen LogP contribution in [0.3, 0.4) is 0 Å². The minimum atomic E-state index is -1.11. The Kier molecular flexibility index (Phi) is 6.08. The summed E-state index contributed by atoms with van der Waals surface area (Å²) >= 11 is 0. The van der Waals surface area contributed by atoms with Gasteiger partial charge in [-0.05, 0) is 83.4 Å². The molecule has 0 amide bonds. The second-order valence-electron chi connectivity index (χ2n) is 7.95. The number of allylic oxidation sites excluding steroid dienone is 3. The van der Waals surface area contributed by atoms with E-state index >= 15 is 0 Å². The van der Waals surface area contributed by atoms with Gasteiger partial charge in [-0.3, -0.25) is 0 Å². The van der Waals surface area contributed by atoms with Crippen LogP contribution >= 0.6 is 0 Å². The van der Waals surface area contributed by atoms with Gasteiger partial charge < -0.3 is 10.2 Å². The molecule has 1 saturated heterocycles. The van der Waals surface area contributed by atoms with Gasteiger partial charge in [-0.15, -0.1) is 0 Å². The minimum absolute atomic E-state index is 0.144. The molecule has 136 valence electrons. The van der Waals surface area contributed by atoms with Gasteiger partial charge in [-0.1, -0.05) is 18.2 Å². The Hall–Kier alpha value is -0.940. The summed E-state index contributed by atoms with van der Waals surface area (Å²) in [7, 11) is 0. The van der Waals surface area contributed by atoms with Crippen molar-refractivity contribution in [3.63, 3.8) is 0 Å². The van der Waals surface area contributed by atoms with Gasteiger partial charge in [0.15, 0.2) is 0 Å². The van der Waals surface area contributed by atoms with Gasteiger partial charge >= 0.3 is 0 Å². The summed E-state index contributed by atoms with van der Waals surface area (Å²) in [5, 5.41) is 21.0. The van der Waals surface area contributed by atoms with E-state index in [1.165, 1.54) is 5.57 Å². The van der Waals surface area contributed by atoms with Crippen LogP contribution in [0, 0.1) is 0 Å². The molecule has 0 radical (unpaired) electrons. The highest BCUT2D eigenvalue weighted by Crippen LogP contribution is 2.34. The van der Waals surface area contributed by atoms with Crippen molar-refractivity contribution in [1.29, 1.82) is 0 Å². The molecule has 2 bridgehead atoms. The number of hydrogen-bond donors (Lipinski definition) is 2. The van der Waals surface area contributed by atoms with E-state index in [0.717, 1.165) is 24.0 Å². The third-order valence-corrected chi connectivity index (χ3v) is 5.35.